The first-order valence-corrected chi connectivity index (χ1v) is 4.47. The Hall–Kier alpha value is -1.33. The molecule has 0 bridgehead atoms. The number of nitrogens with one attached hydrogen (secondary N) is 1. The Kier molecular flexibility index (Phi) is 4.01. The lowest BCUT2D eigenvalue weighted by atomic mass is 10.1. The zero-order valence-electron chi connectivity index (χ0n) is 7.83. The van der Waals surface area contributed by atoms with Gasteiger partial charge in [-0.1, -0.05) is 30.3 Å². The molecule has 0 aliphatic rings. The van der Waals surface area contributed by atoms with Crippen molar-refractivity contribution in [2.24, 2.45) is 0 Å². The highest BCUT2D eigenvalue weighted by Gasteiger charge is 2.00. The first-order chi connectivity index (χ1) is 6.33. The average molecular weight is 174 g/mol. The van der Waals surface area contributed by atoms with Gasteiger partial charge in [0, 0.05) is 6.04 Å². The lowest BCUT2D eigenvalue weighted by Gasteiger charge is -2.10. The molecule has 1 N–H and O–H groups in total. The molecule has 0 radical (unpaired) electrons. The van der Waals surface area contributed by atoms with E-state index < -0.39 is 0 Å². The number of nitriles is 1. The molecule has 0 unspecified atom stereocenters. The molecule has 1 aromatic carbocycles. The van der Waals surface area contributed by atoms with E-state index in [0.717, 1.165) is 6.42 Å². The van der Waals surface area contributed by atoms with Crippen molar-refractivity contribution in [3.63, 3.8) is 0 Å². The molecule has 2 nitrogen and oxygen atoms in total. The van der Waals surface area contributed by atoms with Gasteiger partial charge in [-0.2, -0.15) is 5.26 Å². The normalized spacial score (nSPS) is 12.0. The topological polar surface area (TPSA) is 35.8 Å². The second-order valence-electron chi connectivity index (χ2n) is 3.13. The lowest BCUT2D eigenvalue weighted by molar-refractivity contribution is 0.583. The van der Waals surface area contributed by atoms with Gasteiger partial charge in [-0.3, -0.25) is 0 Å². The fraction of sp³-hybridized carbons (Fsp3) is 0.364. The van der Waals surface area contributed by atoms with Crippen molar-refractivity contribution in [3.05, 3.63) is 35.9 Å². The molecule has 0 spiro atoms. The largest absolute Gasteiger partial charge is 0.302 e. The van der Waals surface area contributed by atoms with Gasteiger partial charge >= 0.3 is 0 Å². The highest BCUT2D eigenvalue weighted by atomic mass is 14.9. The van der Waals surface area contributed by atoms with Crippen LogP contribution in [0.25, 0.3) is 0 Å². The predicted octanol–water partition coefficient (Wildman–Crippen LogP) is 1.73. The SMILES string of the molecule is C[C@H](Cc1ccccc1)NCC#N. The Bertz CT molecular complexity index is 274. The van der Waals surface area contributed by atoms with Crippen LogP contribution in [0.15, 0.2) is 30.3 Å². The second kappa shape index (κ2) is 5.34. The molecule has 1 rings (SSSR count). The van der Waals surface area contributed by atoms with Crippen molar-refractivity contribution >= 4 is 0 Å². The van der Waals surface area contributed by atoms with E-state index in [-0.39, 0.29) is 0 Å². The van der Waals surface area contributed by atoms with Crippen molar-refractivity contribution in [2.75, 3.05) is 6.54 Å². The summed E-state index contributed by atoms with van der Waals surface area (Å²) in [5, 5.41) is 11.5. The van der Waals surface area contributed by atoms with Gasteiger partial charge in [0.25, 0.3) is 0 Å². The number of benzene rings is 1. The quantitative estimate of drug-likeness (QED) is 0.706. The van der Waals surface area contributed by atoms with Gasteiger partial charge in [0.05, 0.1) is 12.6 Å². The molecular formula is C11H14N2. The molecule has 0 fully saturated rings. The maximum absolute atomic E-state index is 8.37. The van der Waals surface area contributed by atoms with E-state index in [0.29, 0.717) is 12.6 Å². The van der Waals surface area contributed by atoms with Crippen LogP contribution in [0.5, 0.6) is 0 Å². The maximum Gasteiger partial charge on any atom is 0.0843 e. The van der Waals surface area contributed by atoms with Gasteiger partial charge in [0.15, 0.2) is 0 Å². The second-order valence-corrected chi connectivity index (χ2v) is 3.13. The molecule has 0 amide bonds. The highest BCUT2D eigenvalue weighted by molar-refractivity contribution is 5.15. The van der Waals surface area contributed by atoms with Crippen LogP contribution in [0.1, 0.15) is 12.5 Å². The standard InChI is InChI=1S/C11H14N2/c1-10(13-8-7-12)9-11-5-3-2-4-6-11/h2-6,10,13H,8-9H2,1H3/t10-/m1/s1. The Morgan fingerprint density at radius 2 is 2.08 bits per heavy atom. The van der Waals surface area contributed by atoms with E-state index in [1.54, 1.807) is 0 Å². The van der Waals surface area contributed by atoms with E-state index >= 15 is 0 Å². The minimum Gasteiger partial charge on any atom is -0.302 e. The molecule has 0 aliphatic heterocycles. The molecule has 0 aromatic heterocycles. The Balaban J connectivity index is 2.37. The van der Waals surface area contributed by atoms with Gasteiger partial charge < -0.3 is 5.32 Å². The number of rotatable bonds is 4. The van der Waals surface area contributed by atoms with Crippen LogP contribution < -0.4 is 5.32 Å². The number of hydrogen-bond donors (Lipinski definition) is 1. The van der Waals surface area contributed by atoms with Gasteiger partial charge in [-0.05, 0) is 18.9 Å². The zero-order chi connectivity index (χ0) is 9.52. The fourth-order valence-corrected chi connectivity index (χ4v) is 1.26. The van der Waals surface area contributed by atoms with E-state index in [1.807, 2.05) is 18.2 Å². The Morgan fingerprint density at radius 1 is 1.38 bits per heavy atom. The van der Waals surface area contributed by atoms with Crippen LogP contribution in [-0.4, -0.2) is 12.6 Å². The van der Waals surface area contributed by atoms with Crippen molar-refractivity contribution in [1.29, 1.82) is 5.26 Å². The van der Waals surface area contributed by atoms with E-state index in [1.165, 1.54) is 5.56 Å². The summed E-state index contributed by atoms with van der Waals surface area (Å²) in [4.78, 5) is 0. The summed E-state index contributed by atoms with van der Waals surface area (Å²) >= 11 is 0. The van der Waals surface area contributed by atoms with Crippen LogP contribution in [0, 0.1) is 11.3 Å². The summed E-state index contributed by atoms with van der Waals surface area (Å²) in [5.74, 6) is 0. The van der Waals surface area contributed by atoms with Crippen LogP contribution in [0.4, 0.5) is 0 Å². The lowest BCUT2D eigenvalue weighted by Crippen LogP contribution is -2.28. The summed E-state index contributed by atoms with van der Waals surface area (Å²) < 4.78 is 0. The zero-order valence-corrected chi connectivity index (χ0v) is 7.83. The molecule has 68 valence electrons. The number of hydrogen-bond acceptors (Lipinski definition) is 2. The molecule has 2 heteroatoms. The third kappa shape index (κ3) is 3.73. The Morgan fingerprint density at radius 3 is 2.69 bits per heavy atom. The van der Waals surface area contributed by atoms with Gasteiger partial charge in [0.2, 0.25) is 0 Å². The van der Waals surface area contributed by atoms with Gasteiger partial charge in [0.1, 0.15) is 0 Å². The van der Waals surface area contributed by atoms with Crippen LogP contribution in [-0.2, 0) is 6.42 Å². The van der Waals surface area contributed by atoms with E-state index in [4.69, 9.17) is 5.26 Å². The van der Waals surface area contributed by atoms with Crippen molar-refractivity contribution in [1.82, 2.24) is 5.32 Å². The fourth-order valence-electron chi connectivity index (χ4n) is 1.26. The molecule has 0 saturated heterocycles. The molecule has 1 atom stereocenters. The van der Waals surface area contributed by atoms with Crippen LogP contribution >= 0.6 is 0 Å². The van der Waals surface area contributed by atoms with Crippen LogP contribution in [0.2, 0.25) is 0 Å². The summed E-state index contributed by atoms with van der Waals surface area (Å²) in [7, 11) is 0. The first-order valence-electron chi connectivity index (χ1n) is 4.47. The van der Waals surface area contributed by atoms with Crippen molar-refractivity contribution in [3.8, 4) is 6.07 Å². The summed E-state index contributed by atoms with van der Waals surface area (Å²) in [6.45, 7) is 2.51. The first kappa shape index (κ1) is 9.76. The molecule has 0 aliphatic carbocycles. The van der Waals surface area contributed by atoms with Gasteiger partial charge in [-0.25, -0.2) is 0 Å². The molecule has 13 heavy (non-hydrogen) atoms. The molecule has 1 aromatic rings. The smallest absolute Gasteiger partial charge is 0.0843 e. The molecular weight excluding hydrogens is 160 g/mol. The van der Waals surface area contributed by atoms with Crippen molar-refractivity contribution in [2.45, 2.75) is 19.4 Å². The Labute approximate surface area is 79.2 Å². The third-order valence-electron chi connectivity index (χ3n) is 1.91. The summed E-state index contributed by atoms with van der Waals surface area (Å²) in [5.41, 5.74) is 1.31. The van der Waals surface area contributed by atoms with Gasteiger partial charge in [-0.15, -0.1) is 0 Å². The highest BCUT2D eigenvalue weighted by Crippen LogP contribution is 2.01. The molecule has 0 saturated carbocycles. The summed E-state index contributed by atoms with van der Waals surface area (Å²) in [6.07, 6.45) is 0.975. The minimum atomic E-state index is 0.363. The maximum atomic E-state index is 8.37. The predicted molar refractivity (Wildman–Crippen MR) is 53.2 cm³/mol. The minimum absolute atomic E-state index is 0.363. The number of nitrogens with zero attached hydrogens (tertiary/aromatic N) is 1. The van der Waals surface area contributed by atoms with Crippen molar-refractivity contribution < 1.29 is 0 Å². The third-order valence-corrected chi connectivity index (χ3v) is 1.91. The van der Waals surface area contributed by atoms with Crippen LogP contribution in [0.3, 0.4) is 0 Å². The average Bonchev–Trinajstić information content (AvgIpc) is 2.16. The van der Waals surface area contributed by atoms with E-state index in [9.17, 15) is 0 Å². The monoisotopic (exact) mass is 174 g/mol. The molecule has 0 heterocycles. The van der Waals surface area contributed by atoms with E-state index in [2.05, 4.69) is 30.4 Å². The summed E-state index contributed by atoms with van der Waals surface area (Å²) in [6, 6.07) is 12.7.